The number of thiazole rings is 1. The van der Waals surface area contributed by atoms with E-state index in [0.29, 0.717) is 6.04 Å². The lowest BCUT2D eigenvalue weighted by molar-refractivity contribution is 0.127. The first-order chi connectivity index (χ1) is 7.63. The summed E-state index contributed by atoms with van der Waals surface area (Å²) in [6.45, 7) is 10.9. The highest BCUT2D eigenvalue weighted by molar-refractivity contribution is 7.11. The summed E-state index contributed by atoms with van der Waals surface area (Å²) >= 11 is 1.80. The maximum Gasteiger partial charge on any atom is 0.0900 e. The maximum absolute atomic E-state index is 5.35. The van der Waals surface area contributed by atoms with E-state index in [0.717, 1.165) is 31.2 Å². The SMILES string of the molecule is CCOCC(C)NCCc1sc(C)nc1C. The molecule has 0 saturated heterocycles. The third-order valence-electron chi connectivity index (χ3n) is 2.42. The Morgan fingerprint density at radius 3 is 2.75 bits per heavy atom. The van der Waals surface area contributed by atoms with E-state index in [1.54, 1.807) is 11.3 Å². The molecule has 92 valence electrons. The summed E-state index contributed by atoms with van der Waals surface area (Å²) in [5.74, 6) is 0. The van der Waals surface area contributed by atoms with E-state index in [4.69, 9.17) is 4.74 Å². The Bertz CT molecular complexity index is 312. The fourth-order valence-electron chi connectivity index (χ4n) is 1.59. The molecule has 16 heavy (non-hydrogen) atoms. The molecule has 0 amide bonds. The van der Waals surface area contributed by atoms with Crippen LogP contribution < -0.4 is 5.32 Å². The van der Waals surface area contributed by atoms with Gasteiger partial charge in [0.2, 0.25) is 0 Å². The molecule has 1 N–H and O–H groups in total. The van der Waals surface area contributed by atoms with E-state index in [1.807, 2.05) is 6.92 Å². The highest BCUT2D eigenvalue weighted by Gasteiger charge is 2.05. The number of hydrogen-bond donors (Lipinski definition) is 1. The van der Waals surface area contributed by atoms with Gasteiger partial charge in [-0.1, -0.05) is 0 Å². The molecule has 0 aromatic carbocycles. The second-order valence-corrected chi connectivity index (χ2v) is 5.29. The average molecular weight is 242 g/mol. The molecule has 0 aliphatic heterocycles. The molecule has 0 spiro atoms. The van der Waals surface area contributed by atoms with Gasteiger partial charge in [-0.15, -0.1) is 11.3 Å². The Kier molecular flexibility index (Phi) is 5.95. The zero-order valence-electron chi connectivity index (χ0n) is 10.7. The monoisotopic (exact) mass is 242 g/mol. The minimum Gasteiger partial charge on any atom is -0.380 e. The number of rotatable bonds is 7. The Morgan fingerprint density at radius 1 is 1.44 bits per heavy atom. The lowest BCUT2D eigenvalue weighted by atomic mass is 10.3. The lowest BCUT2D eigenvalue weighted by Gasteiger charge is -2.12. The van der Waals surface area contributed by atoms with Gasteiger partial charge in [-0.3, -0.25) is 0 Å². The Balaban J connectivity index is 2.22. The average Bonchev–Trinajstić information content (AvgIpc) is 2.55. The van der Waals surface area contributed by atoms with Gasteiger partial charge < -0.3 is 10.1 Å². The summed E-state index contributed by atoms with van der Waals surface area (Å²) in [4.78, 5) is 5.82. The summed E-state index contributed by atoms with van der Waals surface area (Å²) in [6, 6.07) is 0.425. The van der Waals surface area contributed by atoms with Crippen molar-refractivity contribution in [3.05, 3.63) is 15.6 Å². The highest BCUT2D eigenvalue weighted by Crippen LogP contribution is 2.17. The van der Waals surface area contributed by atoms with Crippen LogP contribution in [-0.4, -0.2) is 30.8 Å². The van der Waals surface area contributed by atoms with E-state index in [1.165, 1.54) is 10.6 Å². The van der Waals surface area contributed by atoms with Crippen molar-refractivity contribution in [2.24, 2.45) is 0 Å². The van der Waals surface area contributed by atoms with E-state index in [9.17, 15) is 0 Å². The van der Waals surface area contributed by atoms with Crippen molar-refractivity contribution in [3.63, 3.8) is 0 Å². The van der Waals surface area contributed by atoms with E-state index < -0.39 is 0 Å². The van der Waals surface area contributed by atoms with Crippen LogP contribution in [0.15, 0.2) is 0 Å². The van der Waals surface area contributed by atoms with Crippen molar-refractivity contribution in [2.45, 2.75) is 40.2 Å². The maximum atomic E-state index is 5.35. The quantitative estimate of drug-likeness (QED) is 0.797. The molecule has 0 bridgehead atoms. The number of hydrogen-bond acceptors (Lipinski definition) is 4. The fraction of sp³-hybridized carbons (Fsp3) is 0.750. The Labute approximate surface area is 102 Å². The smallest absolute Gasteiger partial charge is 0.0900 e. The molecule has 1 rings (SSSR count). The van der Waals surface area contributed by atoms with Gasteiger partial charge in [0.25, 0.3) is 0 Å². The first kappa shape index (κ1) is 13.6. The van der Waals surface area contributed by atoms with Crippen molar-refractivity contribution in [1.29, 1.82) is 0 Å². The third-order valence-corrected chi connectivity index (χ3v) is 3.55. The molecule has 1 unspecified atom stereocenters. The van der Waals surface area contributed by atoms with E-state index in [-0.39, 0.29) is 0 Å². The number of nitrogens with one attached hydrogen (secondary N) is 1. The first-order valence-corrected chi connectivity index (χ1v) is 6.69. The molecule has 1 atom stereocenters. The van der Waals surface area contributed by atoms with Gasteiger partial charge in [0.1, 0.15) is 0 Å². The van der Waals surface area contributed by atoms with Crippen LogP contribution in [-0.2, 0) is 11.2 Å². The van der Waals surface area contributed by atoms with Gasteiger partial charge in [0.05, 0.1) is 17.3 Å². The number of aromatic nitrogens is 1. The molecule has 3 nitrogen and oxygen atoms in total. The van der Waals surface area contributed by atoms with Gasteiger partial charge >= 0.3 is 0 Å². The second kappa shape index (κ2) is 6.99. The molecule has 0 radical (unpaired) electrons. The van der Waals surface area contributed by atoms with Gasteiger partial charge in [-0.25, -0.2) is 4.98 Å². The van der Waals surface area contributed by atoms with Crippen molar-refractivity contribution in [1.82, 2.24) is 10.3 Å². The number of ether oxygens (including phenoxy) is 1. The van der Waals surface area contributed by atoms with E-state index in [2.05, 4.69) is 31.1 Å². The molecular formula is C12H22N2OS. The van der Waals surface area contributed by atoms with Crippen LogP contribution >= 0.6 is 11.3 Å². The van der Waals surface area contributed by atoms with Crippen LogP contribution in [0.3, 0.4) is 0 Å². The second-order valence-electron chi connectivity index (χ2n) is 4.01. The van der Waals surface area contributed by atoms with Gasteiger partial charge in [-0.05, 0) is 34.1 Å². The van der Waals surface area contributed by atoms with Crippen molar-refractivity contribution in [2.75, 3.05) is 19.8 Å². The highest BCUT2D eigenvalue weighted by atomic mass is 32.1. The molecular weight excluding hydrogens is 220 g/mol. The standard InChI is InChI=1S/C12H22N2OS/c1-5-15-8-9(2)13-7-6-12-10(3)14-11(4)16-12/h9,13H,5-8H2,1-4H3. The van der Waals surface area contributed by atoms with E-state index >= 15 is 0 Å². The third kappa shape index (κ3) is 4.60. The molecule has 0 aliphatic rings. The van der Waals surface area contributed by atoms with Crippen molar-refractivity contribution >= 4 is 11.3 Å². The Hall–Kier alpha value is -0.450. The number of nitrogens with zero attached hydrogens (tertiary/aromatic N) is 1. The van der Waals surface area contributed by atoms with Crippen LogP contribution in [0.25, 0.3) is 0 Å². The summed E-state index contributed by atoms with van der Waals surface area (Å²) in [5, 5.41) is 4.62. The summed E-state index contributed by atoms with van der Waals surface area (Å²) in [6.07, 6.45) is 1.06. The summed E-state index contributed by atoms with van der Waals surface area (Å²) in [7, 11) is 0. The molecule has 1 aromatic rings. The minimum absolute atomic E-state index is 0.425. The van der Waals surface area contributed by atoms with Gasteiger partial charge in [0.15, 0.2) is 0 Å². The molecule has 0 fully saturated rings. The topological polar surface area (TPSA) is 34.1 Å². The van der Waals surface area contributed by atoms with Crippen molar-refractivity contribution < 1.29 is 4.74 Å². The summed E-state index contributed by atoms with van der Waals surface area (Å²) < 4.78 is 5.35. The lowest BCUT2D eigenvalue weighted by Crippen LogP contribution is -2.32. The number of aryl methyl sites for hydroxylation is 2. The van der Waals surface area contributed by atoms with Crippen LogP contribution in [0, 0.1) is 13.8 Å². The molecule has 1 aromatic heterocycles. The molecule has 1 heterocycles. The van der Waals surface area contributed by atoms with Crippen LogP contribution in [0.5, 0.6) is 0 Å². The zero-order valence-corrected chi connectivity index (χ0v) is 11.5. The molecule has 0 saturated carbocycles. The van der Waals surface area contributed by atoms with Crippen LogP contribution in [0.1, 0.15) is 29.4 Å². The van der Waals surface area contributed by atoms with Gasteiger partial charge in [0, 0.05) is 24.1 Å². The summed E-state index contributed by atoms with van der Waals surface area (Å²) in [5.41, 5.74) is 1.18. The van der Waals surface area contributed by atoms with Gasteiger partial charge in [-0.2, -0.15) is 0 Å². The van der Waals surface area contributed by atoms with Crippen molar-refractivity contribution in [3.8, 4) is 0 Å². The molecule has 0 aliphatic carbocycles. The van der Waals surface area contributed by atoms with Crippen LogP contribution in [0.2, 0.25) is 0 Å². The molecule has 4 heteroatoms. The first-order valence-electron chi connectivity index (χ1n) is 5.87. The normalized spacial score (nSPS) is 13.0. The van der Waals surface area contributed by atoms with Crippen LogP contribution in [0.4, 0.5) is 0 Å². The fourth-order valence-corrected chi connectivity index (χ4v) is 2.53. The predicted molar refractivity (Wildman–Crippen MR) is 69.2 cm³/mol. The largest absolute Gasteiger partial charge is 0.380 e. The minimum atomic E-state index is 0.425. The Morgan fingerprint density at radius 2 is 2.19 bits per heavy atom. The predicted octanol–water partition coefficient (Wildman–Crippen LogP) is 2.32. The zero-order chi connectivity index (χ0) is 12.0.